The molecule has 1 N–H and O–H groups in total. The van der Waals surface area contributed by atoms with Crippen LogP contribution in [0.5, 0.6) is 0 Å². The molecule has 3 rings (SSSR count). The van der Waals surface area contributed by atoms with Gasteiger partial charge in [-0.25, -0.2) is 0 Å². The number of aliphatic imine (C=N–C) groups is 1. The van der Waals surface area contributed by atoms with Crippen molar-refractivity contribution in [2.24, 2.45) is 4.99 Å². The van der Waals surface area contributed by atoms with Crippen LogP contribution in [0.3, 0.4) is 0 Å². The van der Waals surface area contributed by atoms with Gasteiger partial charge in [0, 0.05) is 23.4 Å². The van der Waals surface area contributed by atoms with Crippen LogP contribution in [-0.4, -0.2) is 19.3 Å². The van der Waals surface area contributed by atoms with Gasteiger partial charge in [0.15, 0.2) is 5.69 Å². The third kappa shape index (κ3) is 1.81. The van der Waals surface area contributed by atoms with E-state index in [1.165, 1.54) is 27.3 Å². The second kappa shape index (κ2) is 4.45. The smallest absolute Gasteiger partial charge is 0.162 e. The van der Waals surface area contributed by atoms with E-state index in [1.807, 2.05) is 6.07 Å². The van der Waals surface area contributed by atoms with Crippen molar-refractivity contribution in [2.75, 3.05) is 13.6 Å². The van der Waals surface area contributed by atoms with E-state index in [-0.39, 0.29) is 12.4 Å². The highest BCUT2D eigenvalue weighted by Crippen LogP contribution is 2.37. The summed E-state index contributed by atoms with van der Waals surface area (Å²) in [5.41, 5.74) is 6.31. The minimum atomic E-state index is 0. The first-order chi connectivity index (χ1) is 7.68. The number of benzene rings is 1. The molecule has 2 heterocycles. The van der Waals surface area contributed by atoms with Crippen LogP contribution in [0.2, 0.25) is 5.02 Å². The molecule has 0 saturated carbocycles. The molecule has 1 aromatic carbocycles. The normalized spacial score (nSPS) is 21.0. The molecule has 0 spiro atoms. The quantitative estimate of drug-likeness (QED) is 0.626. The zero-order chi connectivity index (χ0) is 11.3. The van der Waals surface area contributed by atoms with E-state index in [0.29, 0.717) is 0 Å². The van der Waals surface area contributed by atoms with Crippen LogP contribution < -0.4 is 17.3 Å². The predicted octanol–water partition coefficient (Wildman–Crippen LogP) is -0.943. The third-order valence-electron chi connectivity index (χ3n) is 3.38. The van der Waals surface area contributed by atoms with Crippen molar-refractivity contribution in [1.82, 2.24) is 0 Å². The fraction of sp³-hybridized carbons (Fsp3) is 0.308. The summed E-state index contributed by atoms with van der Waals surface area (Å²) in [5.74, 6) is 0. The number of rotatable bonds is 0. The Morgan fingerprint density at radius 2 is 2.12 bits per heavy atom. The van der Waals surface area contributed by atoms with Gasteiger partial charge in [-0.3, -0.25) is 9.89 Å². The number of hydrogen-bond donors (Lipinski definition) is 1. The molecule has 0 aliphatic carbocycles. The molecule has 1 atom stereocenters. The lowest BCUT2D eigenvalue weighted by molar-refractivity contribution is -0.747. The average molecular weight is 269 g/mol. The molecule has 0 amide bonds. The first-order valence-electron chi connectivity index (χ1n) is 5.57. The van der Waals surface area contributed by atoms with Gasteiger partial charge in [0.2, 0.25) is 0 Å². The van der Waals surface area contributed by atoms with Crippen molar-refractivity contribution in [3.63, 3.8) is 0 Å². The fourth-order valence-corrected chi connectivity index (χ4v) is 2.94. The van der Waals surface area contributed by atoms with Crippen molar-refractivity contribution < 1.29 is 17.3 Å². The molecule has 1 aromatic rings. The van der Waals surface area contributed by atoms with Gasteiger partial charge in [-0.05, 0) is 19.4 Å². The van der Waals surface area contributed by atoms with Gasteiger partial charge in [0.1, 0.15) is 11.2 Å². The highest BCUT2D eigenvalue weighted by molar-refractivity contribution is 6.33. The Morgan fingerprint density at radius 1 is 1.35 bits per heavy atom. The van der Waals surface area contributed by atoms with E-state index in [1.54, 1.807) is 0 Å². The van der Waals surface area contributed by atoms with E-state index in [2.05, 4.69) is 31.2 Å². The molecule has 2 nitrogen and oxygen atoms in total. The summed E-state index contributed by atoms with van der Waals surface area (Å²) in [7, 11) is 2.13. The third-order valence-corrected chi connectivity index (χ3v) is 3.70. The summed E-state index contributed by atoms with van der Waals surface area (Å²) < 4.78 is 0. The minimum Gasteiger partial charge on any atom is -1.00 e. The molecule has 0 radical (unpaired) electrons. The highest BCUT2D eigenvalue weighted by Gasteiger charge is 2.30. The maximum absolute atomic E-state index is 6.29. The Morgan fingerprint density at radius 3 is 2.88 bits per heavy atom. The maximum Gasteiger partial charge on any atom is 0.162 e. The summed E-state index contributed by atoms with van der Waals surface area (Å²) in [6, 6.07) is 4.08. The molecular formula is C13H14Cl2N2. The highest BCUT2D eigenvalue weighted by atomic mass is 35.5. The van der Waals surface area contributed by atoms with Gasteiger partial charge in [-0.1, -0.05) is 17.7 Å². The van der Waals surface area contributed by atoms with Crippen molar-refractivity contribution in [3.8, 4) is 0 Å². The Kier molecular flexibility index (Phi) is 3.30. The number of nitrogens with one attached hydrogen (secondary N) is 1. The van der Waals surface area contributed by atoms with E-state index in [0.717, 1.165) is 23.7 Å². The number of quaternary nitrogens is 1. The Hall–Kier alpha value is -0.830. The molecular weight excluding hydrogens is 255 g/mol. The first-order valence-corrected chi connectivity index (χ1v) is 5.95. The van der Waals surface area contributed by atoms with Crippen LogP contribution in [0, 0.1) is 0 Å². The Balaban J connectivity index is 0.00000108. The number of nitrogens with zero attached hydrogens (tertiary/aromatic N) is 1. The second-order valence-corrected chi connectivity index (χ2v) is 4.82. The van der Waals surface area contributed by atoms with E-state index < -0.39 is 0 Å². The van der Waals surface area contributed by atoms with Crippen LogP contribution in [0.4, 0.5) is 5.69 Å². The molecule has 4 heteroatoms. The summed E-state index contributed by atoms with van der Waals surface area (Å²) in [6.07, 6.45) is 3.28. The zero-order valence-electron chi connectivity index (χ0n) is 9.85. The lowest BCUT2D eigenvalue weighted by Gasteiger charge is -2.10. The minimum absolute atomic E-state index is 0. The topological polar surface area (TPSA) is 16.8 Å². The van der Waals surface area contributed by atoms with Crippen molar-refractivity contribution in [3.05, 3.63) is 34.5 Å². The summed E-state index contributed by atoms with van der Waals surface area (Å²) in [4.78, 5) is 5.85. The average Bonchev–Trinajstić information content (AvgIpc) is 2.49. The number of hydrogen-bond acceptors (Lipinski definition) is 1. The molecule has 17 heavy (non-hydrogen) atoms. The monoisotopic (exact) mass is 268 g/mol. The lowest BCUT2D eigenvalue weighted by Crippen LogP contribution is -3.00. The first kappa shape index (κ1) is 12.6. The fourth-order valence-electron chi connectivity index (χ4n) is 2.63. The van der Waals surface area contributed by atoms with E-state index >= 15 is 0 Å². The molecule has 0 bridgehead atoms. The molecule has 0 aromatic heterocycles. The van der Waals surface area contributed by atoms with Crippen LogP contribution in [0.15, 0.2) is 23.3 Å². The van der Waals surface area contributed by atoms with Gasteiger partial charge in [-0.15, -0.1) is 0 Å². The predicted molar refractivity (Wildman–Crippen MR) is 67.7 cm³/mol. The second-order valence-electron chi connectivity index (χ2n) is 4.41. The molecule has 1 unspecified atom stereocenters. The van der Waals surface area contributed by atoms with E-state index in [9.17, 15) is 0 Å². The van der Waals surface area contributed by atoms with E-state index in [4.69, 9.17) is 11.6 Å². The maximum atomic E-state index is 6.29. The van der Waals surface area contributed by atoms with Gasteiger partial charge >= 0.3 is 0 Å². The molecule has 2 aliphatic heterocycles. The zero-order valence-corrected chi connectivity index (χ0v) is 11.4. The Bertz CT molecular complexity index is 532. The van der Waals surface area contributed by atoms with Gasteiger partial charge in [0.05, 0.1) is 12.6 Å². The van der Waals surface area contributed by atoms with Crippen molar-refractivity contribution in [1.29, 1.82) is 0 Å². The van der Waals surface area contributed by atoms with Crippen molar-refractivity contribution in [2.45, 2.75) is 13.3 Å². The van der Waals surface area contributed by atoms with Crippen molar-refractivity contribution >= 4 is 28.6 Å². The van der Waals surface area contributed by atoms with Gasteiger partial charge < -0.3 is 12.4 Å². The standard InChI is InChI=1S/C13H13ClN2.ClH/c1-8-10-3-4-11(14)13-12(10)9(5-6-15-8)7-16(13)2;/h3-4,7H,5-6H2,1-2H3;1H. The van der Waals surface area contributed by atoms with Crippen LogP contribution in [0.1, 0.15) is 24.5 Å². The largest absolute Gasteiger partial charge is 1.00 e. The summed E-state index contributed by atoms with van der Waals surface area (Å²) in [5, 5.41) is 0.859. The number of halogens is 2. The van der Waals surface area contributed by atoms with Crippen LogP contribution in [0.25, 0.3) is 5.57 Å². The SMILES string of the molecule is CC1=NCCC2=C[NH+](C)c3c(Cl)ccc1c32.[Cl-]. The molecule has 0 fully saturated rings. The molecule has 0 saturated heterocycles. The van der Waals surface area contributed by atoms with Crippen LogP contribution in [-0.2, 0) is 0 Å². The Labute approximate surface area is 112 Å². The van der Waals surface area contributed by atoms with Gasteiger partial charge in [-0.2, -0.15) is 0 Å². The lowest BCUT2D eigenvalue weighted by atomic mass is 9.97. The summed E-state index contributed by atoms with van der Waals surface area (Å²) >= 11 is 6.29. The van der Waals surface area contributed by atoms with Crippen LogP contribution >= 0.6 is 11.6 Å². The van der Waals surface area contributed by atoms with Gasteiger partial charge in [0.25, 0.3) is 0 Å². The summed E-state index contributed by atoms with van der Waals surface area (Å²) in [6.45, 7) is 2.97. The molecule has 2 aliphatic rings. The molecule has 90 valence electrons.